The molecule has 0 unspecified atom stereocenters. The molecule has 0 aliphatic carbocycles. The zero-order chi connectivity index (χ0) is 56.7. The van der Waals surface area contributed by atoms with Crippen molar-refractivity contribution in [3.63, 3.8) is 0 Å². The Balaban J connectivity index is 1.01. The topological polar surface area (TPSA) is 36.0 Å². The van der Waals surface area contributed by atoms with Gasteiger partial charge < -0.3 is 23.5 Å². The van der Waals surface area contributed by atoms with Gasteiger partial charge in [0, 0.05) is 84.4 Å². The van der Waals surface area contributed by atoms with Crippen LogP contribution in [-0.2, 0) is 5.41 Å². The minimum atomic E-state index is -0.103. The fourth-order valence-corrected chi connectivity index (χ4v) is 13.1. The van der Waals surface area contributed by atoms with Crippen LogP contribution in [0.3, 0.4) is 0 Å². The first-order chi connectivity index (χ1) is 40.5. The highest BCUT2D eigenvalue weighted by atomic mass is 16.3. The SMILES string of the molecule is C=C/C=C\C=C(/C)c1c(N(c2ccccc2)c2ccc3c(c2)N(c2ccc4c(c2)oc2ccccc24)c2cc(C)cc4c2B3c2ccc(C(C)(C)C)cc2N4c2ccc(/C(=C/CC)c3oc4ccccc4c3C)cc2)ccc2ccccc12. The molecule has 12 aromatic rings. The van der Waals surface area contributed by atoms with Gasteiger partial charge in [-0.1, -0.05) is 180 Å². The third-order valence-corrected chi connectivity index (χ3v) is 17.0. The van der Waals surface area contributed by atoms with Crippen LogP contribution in [0, 0.1) is 13.8 Å². The van der Waals surface area contributed by atoms with Gasteiger partial charge in [-0.3, -0.25) is 0 Å². The minimum Gasteiger partial charge on any atom is -0.456 e. The van der Waals surface area contributed by atoms with Crippen LogP contribution < -0.4 is 31.1 Å². The highest BCUT2D eigenvalue weighted by molar-refractivity contribution is 7.00. The van der Waals surface area contributed by atoms with E-state index < -0.39 is 0 Å². The molecule has 0 saturated heterocycles. The Hall–Kier alpha value is -9.78. The zero-order valence-electron chi connectivity index (χ0n) is 48.2. The van der Waals surface area contributed by atoms with Crippen LogP contribution in [0.2, 0.25) is 0 Å². The molecule has 5 nitrogen and oxygen atoms in total. The summed E-state index contributed by atoms with van der Waals surface area (Å²) in [6.07, 6.45) is 11.3. The molecule has 0 atom stereocenters. The van der Waals surface area contributed by atoms with Gasteiger partial charge in [-0.25, -0.2) is 0 Å². The summed E-state index contributed by atoms with van der Waals surface area (Å²) in [5, 5.41) is 5.72. The Kier molecular flexibility index (Phi) is 12.6. The number of allylic oxidation sites excluding steroid dienone is 6. The van der Waals surface area contributed by atoms with Crippen molar-refractivity contribution in [2.24, 2.45) is 0 Å². The van der Waals surface area contributed by atoms with E-state index in [0.717, 1.165) is 118 Å². The van der Waals surface area contributed by atoms with Crippen LogP contribution in [-0.4, -0.2) is 6.71 Å². The molecule has 0 fully saturated rings. The van der Waals surface area contributed by atoms with Crippen molar-refractivity contribution in [3.05, 3.63) is 277 Å². The molecule has 0 radical (unpaired) electrons. The third-order valence-electron chi connectivity index (χ3n) is 17.0. The van der Waals surface area contributed by atoms with Gasteiger partial charge in [-0.2, -0.15) is 0 Å². The number of hydrogen-bond acceptors (Lipinski definition) is 5. The van der Waals surface area contributed by atoms with Crippen LogP contribution >= 0.6 is 0 Å². The van der Waals surface area contributed by atoms with E-state index >= 15 is 0 Å². The summed E-state index contributed by atoms with van der Waals surface area (Å²) < 4.78 is 13.4. The number of hydrogen-bond donors (Lipinski definition) is 0. The lowest BCUT2D eigenvalue weighted by molar-refractivity contribution is 0.590. The number of aryl methyl sites for hydroxylation is 2. The number of rotatable bonds is 11. The maximum atomic E-state index is 6.73. The number of furan rings is 2. The predicted octanol–water partition coefficient (Wildman–Crippen LogP) is 19.9. The Bertz CT molecular complexity index is 4660. The van der Waals surface area contributed by atoms with Gasteiger partial charge in [0.2, 0.25) is 0 Å². The van der Waals surface area contributed by atoms with Gasteiger partial charge in [0.15, 0.2) is 0 Å². The van der Waals surface area contributed by atoms with E-state index in [0.29, 0.717) is 0 Å². The monoisotopic (exact) mass is 1070 g/mol. The largest absolute Gasteiger partial charge is 0.456 e. The number of fused-ring (bicyclic) bond motifs is 9. The van der Waals surface area contributed by atoms with Crippen LogP contribution in [0.15, 0.2) is 252 Å². The molecular formula is C77H64BN3O2. The summed E-state index contributed by atoms with van der Waals surface area (Å²) in [4.78, 5) is 7.49. The van der Waals surface area contributed by atoms with E-state index in [9.17, 15) is 0 Å². The first-order valence-corrected chi connectivity index (χ1v) is 29.0. The molecule has 6 heteroatoms. The summed E-state index contributed by atoms with van der Waals surface area (Å²) in [6.45, 7) is 19.6. The summed E-state index contributed by atoms with van der Waals surface area (Å²) >= 11 is 0. The first kappa shape index (κ1) is 51.4. The summed E-state index contributed by atoms with van der Waals surface area (Å²) in [6, 6.07) is 76.0. The van der Waals surface area contributed by atoms with Crippen LogP contribution in [0.25, 0.3) is 54.8 Å². The number of nitrogens with zero attached hydrogens (tertiary/aromatic N) is 3. The van der Waals surface area contributed by atoms with Crippen molar-refractivity contribution >= 4 is 129 Å². The molecule has 83 heavy (non-hydrogen) atoms. The number of para-hydroxylation sites is 3. The molecule has 0 spiro atoms. The molecule has 4 heterocycles. The van der Waals surface area contributed by atoms with Crippen LogP contribution in [0.5, 0.6) is 0 Å². The van der Waals surface area contributed by atoms with Gasteiger partial charge in [0.05, 0.1) is 5.69 Å². The Labute approximate surface area is 487 Å². The Morgan fingerprint density at radius 2 is 1.20 bits per heavy atom. The van der Waals surface area contributed by atoms with Crippen molar-refractivity contribution in [1.29, 1.82) is 0 Å². The van der Waals surface area contributed by atoms with Crippen LogP contribution in [0.1, 0.15) is 74.6 Å². The second-order valence-electron chi connectivity index (χ2n) is 23.3. The molecule has 2 aliphatic rings. The minimum absolute atomic E-state index is 0.101. The highest BCUT2D eigenvalue weighted by Crippen LogP contribution is 2.49. The summed E-state index contributed by atoms with van der Waals surface area (Å²) in [5.41, 5.74) is 24.3. The molecule has 2 aliphatic heterocycles. The standard InChI is InChI=1S/C77H64BN3O2/c1-9-11-13-23-50(4)74-60-28-17-16-24-52(60)34-43-66(74)79(55-25-14-12-15-26-55)57-39-42-65-68(47-57)81(58-38-40-63-62-29-19-21-31-72(62)82-73(63)48-58)70-45-49(3)44-69-75(70)78(65)64-41-35-54(77(6,7)8)46-67(64)80(69)56-36-32-53(33-37-56)61(22-10-2)76-51(5)59-27-18-20-30-71(59)83-76/h9,11-48H,1,10H2,2-8H3/b13-11-,50-23+,61-22-. The zero-order valence-corrected chi connectivity index (χ0v) is 48.2. The van der Waals surface area contributed by atoms with E-state index in [-0.39, 0.29) is 12.1 Å². The molecule has 0 bridgehead atoms. The molecule has 0 N–H and O–H groups in total. The van der Waals surface area contributed by atoms with Gasteiger partial charge in [-0.05, 0) is 167 Å². The van der Waals surface area contributed by atoms with Gasteiger partial charge in [0.1, 0.15) is 22.5 Å². The van der Waals surface area contributed by atoms with Gasteiger partial charge in [-0.15, -0.1) is 0 Å². The molecule has 10 aromatic carbocycles. The van der Waals surface area contributed by atoms with Crippen molar-refractivity contribution in [2.75, 3.05) is 14.7 Å². The average molecular weight is 1070 g/mol. The van der Waals surface area contributed by atoms with Crippen molar-refractivity contribution in [3.8, 4) is 0 Å². The second kappa shape index (κ2) is 20.3. The maximum Gasteiger partial charge on any atom is 0.252 e. The van der Waals surface area contributed by atoms with E-state index in [1.54, 1.807) is 0 Å². The third kappa shape index (κ3) is 8.62. The first-order valence-electron chi connectivity index (χ1n) is 29.0. The molecule has 402 valence electrons. The molecule has 14 rings (SSSR count). The quantitative estimate of drug-likeness (QED) is 0.0953. The highest BCUT2D eigenvalue weighted by Gasteiger charge is 2.44. The Morgan fingerprint density at radius 1 is 0.566 bits per heavy atom. The average Bonchev–Trinajstić information content (AvgIpc) is 3.16. The molecular weight excluding hydrogens is 1010 g/mol. The van der Waals surface area contributed by atoms with Crippen molar-refractivity contribution < 1.29 is 8.83 Å². The summed E-state index contributed by atoms with van der Waals surface area (Å²) in [7, 11) is 0. The maximum absolute atomic E-state index is 6.73. The van der Waals surface area contributed by atoms with E-state index in [4.69, 9.17) is 8.83 Å². The number of anilines is 9. The lowest BCUT2D eigenvalue weighted by atomic mass is 9.33. The van der Waals surface area contributed by atoms with Crippen molar-refractivity contribution in [2.45, 2.75) is 60.3 Å². The Morgan fingerprint density at radius 3 is 1.93 bits per heavy atom. The van der Waals surface area contributed by atoms with E-state index in [1.807, 2.05) is 24.3 Å². The molecule has 0 amide bonds. The van der Waals surface area contributed by atoms with Gasteiger partial charge in [0.25, 0.3) is 6.71 Å². The molecule has 2 aromatic heterocycles. The van der Waals surface area contributed by atoms with Crippen LogP contribution in [0.4, 0.5) is 51.2 Å². The molecule has 0 saturated carbocycles. The fraction of sp³-hybridized carbons (Fsp3) is 0.117. The normalized spacial score (nSPS) is 13.4. The predicted molar refractivity (Wildman–Crippen MR) is 355 cm³/mol. The lowest BCUT2D eigenvalue weighted by Crippen LogP contribution is -2.61. The smallest absolute Gasteiger partial charge is 0.252 e. The van der Waals surface area contributed by atoms with Crippen molar-refractivity contribution in [1.82, 2.24) is 0 Å². The van der Waals surface area contributed by atoms with E-state index in [1.165, 1.54) is 44.0 Å². The summed E-state index contributed by atoms with van der Waals surface area (Å²) in [5.74, 6) is 0.922. The van der Waals surface area contributed by atoms with E-state index in [2.05, 4.69) is 282 Å². The second-order valence-corrected chi connectivity index (χ2v) is 23.3. The lowest BCUT2D eigenvalue weighted by Gasteiger charge is -2.45. The van der Waals surface area contributed by atoms with Gasteiger partial charge >= 0.3 is 0 Å². The fourth-order valence-electron chi connectivity index (χ4n) is 13.1. The number of benzene rings is 10.